The summed E-state index contributed by atoms with van der Waals surface area (Å²) in [6, 6.07) is 14.1. The fraction of sp³-hybridized carbons (Fsp3) is 0.188. The maximum atomic E-state index is 12.4. The highest BCUT2D eigenvalue weighted by Gasteiger charge is 2.05. The highest BCUT2D eigenvalue weighted by atomic mass is 32.1. The van der Waals surface area contributed by atoms with E-state index < -0.39 is 0 Å². The number of aryl methyl sites for hydroxylation is 1. The highest BCUT2D eigenvalue weighted by Crippen LogP contribution is 2.25. The van der Waals surface area contributed by atoms with Gasteiger partial charge in [-0.25, -0.2) is 0 Å². The minimum Gasteiger partial charge on any atom is -0.289 e. The Morgan fingerprint density at radius 2 is 1.78 bits per heavy atom. The number of benzene rings is 2. The van der Waals surface area contributed by atoms with Crippen LogP contribution in [0.1, 0.15) is 18.9 Å². The van der Waals surface area contributed by atoms with E-state index in [4.69, 9.17) is 0 Å². The average molecular weight is 254 g/mol. The summed E-state index contributed by atoms with van der Waals surface area (Å²) in [7, 11) is 0. The number of hydrogen-bond acceptors (Lipinski definition) is 2. The third-order valence-electron chi connectivity index (χ3n) is 3.18. The molecule has 0 atom stereocenters. The molecule has 0 N–H and O–H groups in total. The maximum absolute atomic E-state index is 12.4. The minimum atomic E-state index is 0.155. The van der Waals surface area contributed by atoms with Gasteiger partial charge in [0.15, 0.2) is 5.43 Å². The molecule has 0 aliphatic carbocycles. The Labute approximate surface area is 110 Å². The van der Waals surface area contributed by atoms with Gasteiger partial charge in [-0.2, -0.15) is 0 Å². The molecular weight excluding hydrogens is 240 g/mol. The van der Waals surface area contributed by atoms with Crippen molar-refractivity contribution >= 4 is 31.5 Å². The first-order valence-electron chi connectivity index (χ1n) is 6.24. The van der Waals surface area contributed by atoms with Crippen molar-refractivity contribution in [3.05, 3.63) is 58.3 Å². The standard InChI is InChI=1S/C16H14OS/c1-2-5-11-8-9-13-15(10-11)18-14-7-4-3-6-12(14)16(13)17/h3-4,6-10H,2,5H2,1H3. The second-order valence-electron chi connectivity index (χ2n) is 4.51. The van der Waals surface area contributed by atoms with Crippen molar-refractivity contribution in [3.63, 3.8) is 0 Å². The zero-order valence-electron chi connectivity index (χ0n) is 10.3. The predicted molar refractivity (Wildman–Crippen MR) is 79.6 cm³/mol. The van der Waals surface area contributed by atoms with Crippen LogP contribution in [-0.4, -0.2) is 0 Å². The second-order valence-corrected chi connectivity index (χ2v) is 5.59. The summed E-state index contributed by atoms with van der Waals surface area (Å²) < 4.78 is 2.17. The van der Waals surface area contributed by atoms with E-state index in [9.17, 15) is 4.79 Å². The van der Waals surface area contributed by atoms with Crippen LogP contribution in [0.2, 0.25) is 0 Å². The van der Waals surface area contributed by atoms with Crippen LogP contribution >= 0.6 is 11.3 Å². The molecule has 90 valence electrons. The van der Waals surface area contributed by atoms with Crippen molar-refractivity contribution in [2.75, 3.05) is 0 Å². The van der Waals surface area contributed by atoms with E-state index in [1.54, 1.807) is 11.3 Å². The predicted octanol–water partition coefficient (Wildman–Crippen LogP) is 4.37. The molecule has 18 heavy (non-hydrogen) atoms. The van der Waals surface area contributed by atoms with Crippen LogP contribution in [0.25, 0.3) is 20.2 Å². The lowest BCUT2D eigenvalue weighted by Gasteiger charge is -2.03. The zero-order valence-corrected chi connectivity index (χ0v) is 11.1. The summed E-state index contributed by atoms with van der Waals surface area (Å²) in [5.41, 5.74) is 1.47. The summed E-state index contributed by atoms with van der Waals surface area (Å²) in [6.45, 7) is 2.17. The molecule has 1 nitrogen and oxygen atoms in total. The maximum Gasteiger partial charge on any atom is 0.195 e. The Hall–Kier alpha value is -1.67. The molecule has 2 aromatic carbocycles. The molecular formula is C16H14OS. The van der Waals surface area contributed by atoms with Gasteiger partial charge in [0.2, 0.25) is 0 Å². The van der Waals surface area contributed by atoms with Crippen LogP contribution in [0.15, 0.2) is 47.3 Å². The summed E-state index contributed by atoms with van der Waals surface area (Å²) >= 11 is 1.71. The van der Waals surface area contributed by atoms with Crippen LogP contribution in [0.4, 0.5) is 0 Å². The molecule has 0 unspecified atom stereocenters. The Balaban J connectivity index is 2.37. The molecule has 0 aliphatic heterocycles. The lowest BCUT2D eigenvalue weighted by Crippen LogP contribution is -2.00. The Kier molecular flexibility index (Phi) is 2.88. The van der Waals surface area contributed by atoms with Crippen LogP contribution in [0.3, 0.4) is 0 Å². The van der Waals surface area contributed by atoms with Gasteiger partial charge in [-0.15, -0.1) is 11.3 Å². The van der Waals surface area contributed by atoms with Gasteiger partial charge in [0.05, 0.1) is 0 Å². The number of fused-ring (bicyclic) bond motifs is 2. The van der Waals surface area contributed by atoms with Crippen molar-refractivity contribution in [2.45, 2.75) is 19.8 Å². The van der Waals surface area contributed by atoms with Gasteiger partial charge in [-0.05, 0) is 36.2 Å². The summed E-state index contributed by atoms with van der Waals surface area (Å²) in [5.74, 6) is 0. The first-order chi connectivity index (χ1) is 8.79. The summed E-state index contributed by atoms with van der Waals surface area (Å²) in [6.07, 6.45) is 2.21. The van der Waals surface area contributed by atoms with Gasteiger partial charge < -0.3 is 0 Å². The largest absolute Gasteiger partial charge is 0.289 e. The van der Waals surface area contributed by atoms with Gasteiger partial charge in [-0.3, -0.25) is 4.79 Å². The third-order valence-corrected chi connectivity index (χ3v) is 4.31. The van der Waals surface area contributed by atoms with Crippen molar-refractivity contribution in [3.8, 4) is 0 Å². The van der Waals surface area contributed by atoms with Gasteiger partial charge in [0.1, 0.15) is 0 Å². The smallest absolute Gasteiger partial charge is 0.195 e. The minimum absolute atomic E-state index is 0.155. The third kappa shape index (κ3) is 1.83. The quantitative estimate of drug-likeness (QED) is 0.621. The Bertz CT molecular complexity index is 771. The zero-order chi connectivity index (χ0) is 12.5. The fourth-order valence-corrected chi connectivity index (χ4v) is 3.42. The molecule has 0 saturated heterocycles. The monoisotopic (exact) mass is 254 g/mol. The molecule has 0 radical (unpaired) electrons. The SMILES string of the molecule is CCCc1ccc2c(=O)c3ccccc3sc2c1. The molecule has 0 spiro atoms. The van der Waals surface area contributed by atoms with Crippen LogP contribution in [-0.2, 0) is 6.42 Å². The molecule has 2 heteroatoms. The fourth-order valence-electron chi connectivity index (χ4n) is 2.29. The number of hydrogen-bond donors (Lipinski definition) is 0. The first kappa shape index (κ1) is 11.4. The van der Waals surface area contributed by atoms with Crippen molar-refractivity contribution < 1.29 is 0 Å². The summed E-state index contributed by atoms with van der Waals surface area (Å²) in [4.78, 5) is 12.4. The van der Waals surface area contributed by atoms with Crippen LogP contribution in [0, 0.1) is 0 Å². The molecule has 0 saturated carbocycles. The molecule has 0 aliphatic rings. The van der Waals surface area contributed by atoms with Crippen molar-refractivity contribution in [1.82, 2.24) is 0 Å². The van der Waals surface area contributed by atoms with Gasteiger partial charge >= 0.3 is 0 Å². The van der Waals surface area contributed by atoms with Crippen molar-refractivity contribution in [1.29, 1.82) is 0 Å². The highest BCUT2D eigenvalue weighted by molar-refractivity contribution is 7.24. The van der Waals surface area contributed by atoms with E-state index in [-0.39, 0.29) is 5.43 Å². The lowest BCUT2D eigenvalue weighted by molar-refractivity contribution is 0.924. The average Bonchev–Trinajstić information content (AvgIpc) is 2.39. The molecule has 0 bridgehead atoms. The van der Waals surface area contributed by atoms with E-state index in [0.29, 0.717) is 0 Å². The van der Waals surface area contributed by atoms with Gasteiger partial charge in [0, 0.05) is 20.2 Å². The first-order valence-corrected chi connectivity index (χ1v) is 7.05. The second kappa shape index (κ2) is 4.54. The molecule has 3 rings (SSSR count). The van der Waals surface area contributed by atoms with E-state index in [1.165, 1.54) is 5.56 Å². The molecule has 1 heterocycles. The topological polar surface area (TPSA) is 17.1 Å². The van der Waals surface area contributed by atoms with E-state index in [0.717, 1.165) is 33.0 Å². The molecule has 0 amide bonds. The van der Waals surface area contributed by atoms with Gasteiger partial charge in [-0.1, -0.05) is 31.5 Å². The summed E-state index contributed by atoms with van der Waals surface area (Å²) in [5, 5.41) is 1.68. The van der Waals surface area contributed by atoms with Crippen LogP contribution in [0.5, 0.6) is 0 Å². The molecule has 1 aromatic heterocycles. The number of rotatable bonds is 2. The Morgan fingerprint density at radius 1 is 1.00 bits per heavy atom. The van der Waals surface area contributed by atoms with E-state index in [2.05, 4.69) is 19.1 Å². The normalized spacial score (nSPS) is 11.2. The lowest BCUT2D eigenvalue weighted by atomic mass is 10.1. The van der Waals surface area contributed by atoms with Gasteiger partial charge in [0.25, 0.3) is 0 Å². The Morgan fingerprint density at radius 3 is 2.61 bits per heavy atom. The van der Waals surface area contributed by atoms with E-state index in [1.807, 2.05) is 30.3 Å². The van der Waals surface area contributed by atoms with E-state index >= 15 is 0 Å². The van der Waals surface area contributed by atoms with Crippen LogP contribution < -0.4 is 5.43 Å². The molecule has 3 aromatic rings. The van der Waals surface area contributed by atoms with Crippen molar-refractivity contribution in [2.24, 2.45) is 0 Å². The molecule has 0 fully saturated rings.